The Labute approximate surface area is 110 Å². The molecular weight excluding hydrogens is 224 g/mol. The van der Waals surface area contributed by atoms with E-state index in [0.29, 0.717) is 6.54 Å². The highest BCUT2D eigenvalue weighted by molar-refractivity contribution is 5.95. The molecule has 0 radical (unpaired) electrons. The molecule has 0 bridgehead atoms. The minimum Gasteiger partial charge on any atom is -0.351 e. The Morgan fingerprint density at radius 3 is 2.56 bits per heavy atom. The molecule has 1 heterocycles. The Kier molecular flexibility index (Phi) is 5.20. The van der Waals surface area contributed by atoms with Gasteiger partial charge in [0.15, 0.2) is 0 Å². The van der Waals surface area contributed by atoms with Crippen LogP contribution in [0.2, 0.25) is 0 Å². The average Bonchev–Trinajstić information content (AvgIpc) is 2.58. The molecule has 0 aromatic carbocycles. The molecule has 1 aromatic heterocycles. The van der Waals surface area contributed by atoms with Crippen LogP contribution in [0.1, 0.15) is 47.6 Å². The van der Waals surface area contributed by atoms with Crippen molar-refractivity contribution >= 4 is 5.91 Å². The number of hydrogen-bond donors (Lipinski definition) is 1. The van der Waals surface area contributed by atoms with Crippen molar-refractivity contribution in [1.82, 2.24) is 9.88 Å². The fraction of sp³-hybridized carbons (Fsp3) is 0.533. The van der Waals surface area contributed by atoms with Gasteiger partial charge in [0, 0.05) is 18.8 Å². The van der Waals surface area contributed by atoms with Gasteiger partial charge in [-0.15, -0.1) is 6.58 Å². The maximum atomic E-state index is 12.2. The van der Waals surface area contributed by atoms with Crippen molar-refractivity contribution in [3.63, 3.8) is 0 Å². The van der Waals surface area contributed by atoms with Crippen molar-refractivity contribution in [3.05, 3.63) is 35.2 Å². The minimum atomic E-state index is 0.0269. The number of carbonyl (C=O) groups excluding carboxylic acids is 1. The van der Waals surface area contributed by atoms with E-state index >= 15 is 0 Å². The van der Waals surface area contributed by atoms with E-state index < -0.39 is 0 Å². The molecule has 0 aliphatic carbocycles. The van der Waals surface area contributed by atoms with Gasteiger partial charge in [-0.2, -0.15) is 0 Å². The molecule has 0 saturated carbocycles. The second-order valence-corrected chi connectivity index (χ2v) is 4.55. The normalized spacial score (nSPS) is 10.4. The lowest BCUT2D eigenvalue weighted by Crippen LogP contribution is -2.27. The Morgan fingerprint density at radius 1 is 1.39 bits per heavy atom. The first-order chi connectivity index (χ1) is 8.58. The standard InChI is InChI=1S/C15H24N2O/c1-6-9-16-15(18)14-11(4)13(8-3)12(5)17(14)10-7-2/h7H,2,6,8-10H2,1,3-5H3,(H,16,18). The molecular formula is C15H24N2O. The van der Waals surface area contributed by atoms with Crippen LogP contribution in [-0.4, -0.2) is 17.0 Å². The van der Waals surface area contributed by atoms with E-state index in [0.717, 1.165) is 30.6 Å². The first-order valence-corrected chi connectivity index (χ1v) is 6.66. The van der Waals surface area contributed by atoms with E-state index in [-0.39, 0.29) is 5.91 Å². The van der Waals surface area contributed by atoms with Gasteiger partial charge in [-0.3, -0.25) is 4.79 Å². The van der Waals surface area contributed by atoms with E-state index in [1.54, 1.807) is 0 Å². The van der Waals surface area contributed by atoms with Gasteiger partial charge in [0.2, 0.25) is 0 Å². The van der Waals surface area contributed by atoms with Gasteiger partial charge in [0.1, 0.15) is 5.69 Å². The lowest BCUT2D eigenvalue weighted by Gasteiger charge is -2.10. The molecule has 0 saturated heterocycles. The summed E-state index contributed by atoms with van der Waals surface area (Å²) in [5, 5.41) is 2.96. The van der Waals surface area contributed by atoms with E-state index in [2.05, 4.69) is 37.2 Å². The van der Waals surface area contributed by atoms with Crippen molar-refractivity contribution in [2.45, 2.75) is 47.1 Å². The number of nitrogens with zero attached hydrogens (tertiary/aromatic N) is 1. The van der Waals surface area contributed by atoms with Gasteiger partial charge >= 0.3 is 0 Å². The van der Waals surface area contributed by atoms with Crippen LogP contribution >= 0.6 is 0 Å². The van der Waals surface area contributed by atoms with Gasteiger partial charge in [-0.05, 0) is 37.8 Å². The zero-order chi connectivity index (χ0) is 13.7. The Bertz CT molecular complexity index is 444. The SMILES string of the molecule is C=CCn1c(C)c(CC)c(C)c1C(=O)NCCC. The second-order valence-electron chi connectivity index (χ2n) is 4.55. The van der Waals surface area contributed by atoms with E-state index in [4.69, 9.17) is 0 Å². The fourth-order valence-electron chi connectivity index (χ4n) is 2.44. The van der Waals surface area contributed by atoms with Crippen LogP contribution in [0.25, 0.3) is 0 Å². The number of carbonyl (C=O) groups is 1. The summed E-state index contributed by atoms with van der Waals surface area (Å²) in [5.74, 6) is 0.0269. The summed E-state index contributed by atoms with van der Waals surface area (Å²) in [6, 6.07) is 0. The first-order valence-electron chi connectivity index (χ1n) is 6.66. The topological polar surface area (TPSA) is 34.0 Å². The molecule has 0 atom stereocenters. The van der Waals surface area contributed by atoms with Crippen LogP contribution in [0, 0.1) is 13.8 Å². The largest absolute Gasteiger partial charge is 0.351 e. The molecule has 0 aliphatic rings. The third-order valence-corrected chi connectivity index (χ3v) is 3.34. The van der Waals surface area contributed by atoms with Crippen molar-refractivity contribution in [2.75, 3.05) is 6.54 Å². The van der Waals surface area contributed by atoms with Gasteiger partial charge in [-0.1, -0.05) is 19.9 Å². The summed E-state index contributed by atoms with van der Waals surface area (Å²) in [5.41, 5.74) is 4.35. The van der Waals surface area contributed by atoms with Gasteiger partial charge in [0.05, 0.1) is 0 Å². The minimum absolute atomic E-state index is 0.0269. The molecule has 3 heteroatoms. The summed E-state index contributed by atoms with van der Waals surface area (Å²) >= 11 is 0. The fourth-order valence-corrected chi connectivity index (χ4v) is 2.44. The number of hydrogen-bond acceptors (Lipinski definition) is 1. The molecule has 0 fully saturated rings. The highest BCUT2D eigenvalue weighted by atomic mass is 16.1. The quantitative estimate of drug-likeness (QED) is 0.772. The molecule has 100 valence electrons. The van der Waals surface area contributed by atoms with Crippen molar-refractivity contribution in [1.29, 1.82) is 0 Å². The summed E-state index contributed by atoms with van der Waals surface area (Å²) < 4.78 is 2.06. The highest BCUT2D eigenvalue weighted by Gasteiger charge is 2.20. The second kappa shape index (κ2) is 6.43. The maximum Gasteiger partial charge on any atom is 0.268 e. The van der Waals surface area contributed by atoms with Crippen LogP contribution in [0.3, 0.4) is 0 Å². The highest BCUT2D eigenvalue weighted by Crippen LogP contribution is 2.22. The zero-order valence-electron chi connectivity index (χ0n) is 12.0. The van der Waals surface area contributed by atoms with Crippen LogP contribution < -0.4 is 5.32 Å². The molecule has 1 rings (SSSR count). The summed E-state index contributed by atoms with van der Waals surface area (Å²) in [4.78, 5) is 12.2. The number of nitrogens with one attached hydrogen (secondary N) is 1. The maximum absolute atomic E-state index is 12.2. The predicted molar refractivity (Wildman–Crippen MR) is 76.1 cm³/mol. The molecule has 18 heavy (non-hydrogen) atoms. The first kappa shape index (κ1) is 14.6. The van der Waals surface area contributed by atoms with Gasteiger partial charge in [-0.25, -0.2) is 0 Å². The molecule has 1 amide bonds. The monoisotopic (exact) mass is 248 g/mol. The molecule has 0 spiro atoms. The lowest BCUT2D eigenvalue weighted by molar-refractivity contribution is 0.0944. The number of rotatable bonds is 6. The van der Waals surface area contributed by atoms with Crippen molar-refractivity contribution in [3.8, 4) is 0 Å². The van der Waals surface area contributed by atoms with Crippen LogP contribution in [-0.2, 0) is 13.0 Å². The average molecular weight is 248 g/mol. The summed E-state index contributed by atoms with van der Waals surface area (Å²) in [7, 11) is 0. The number of allylic oxidation sites excluding steroid dienone is 1. The smallest absolute Gasteiger partial charge is 0.268 e. The number of amides is 1. The van der Waals surface area contributed by atoms with Crippen LogP contribution in [0.4, 0.5) is 0 Å². The van der Waals surface area contributed by atoms with Gasteiger partial charge in [0.25, 0.3) is 5.91 Å². The Morgan fingerprint density at radius 2 is 2.06 bits per heavy atom. The van der Waals surface area contributed by atoms with E-state index in [1.807, 2.05) is 13.0 Å². The third kappa shape index (κ3) is 2.66. The van der Waals surface area contributed by atoms with Crippen LogP contribution in [0.15, 0.2) is 12.7 Å². The molecule has 3 nitrogen and oxygen atoms in total. The number of aromatic nitrogens is 1. The third-order valence-electron chi connectivity index (χ3n) is 3.34. The Balaban J connectivity index is 3.22. The molecule has 0 unspecified atom stereocenters. The lowest BCUT2D eigenvalue weighted by atomic mass is 10.1. The Hall–Kier alpha value is -1.51. The molecule has 0 aliphatic heterocycles. The molecule has 1 N–H and O–H groups in total. The summed E-state index contributed by atoms with van der Waals surface area (Å²) in [6.07, 6.45) is 3.74. The predicted octanol–water partition coefficient (Wildman–Crippen LogP) is 2.99. The molecule has 1 aromatic rings. The van der Waals surface area contributed by atoms with E-state index in [9.17, 15) is 4.79 Å². The van der Waals surface area contributed by atoms with Gasteiger partial charge < -0.3 is 9.88 Å². The van der Waals surface area contributed by atoms with Crippen LogP contribution in [0.5, 0.6) is 0 Å². The zero-order valence-corrected chi connectivity index (χ0v) is 12.0. The van der Waals surface area contributed by atoms with Crippen molar-refractivity contribution < 1.29 is 4.79 Å². The summed E-state index contributed by atoms with van der Waals surface area (Å²) in [6.45, 7) is 13.5. The van der Waals surface area contributed by atoms with E-state index in [1.165, 1.54) is 11.3 Å². The van der Waals surface area contributed by atoms with Crippen molar-refractivity contribution in [2.24, 2.45) is 0 Å².